The highest BCUT2D eigenvalue weighted by Gasteiger charge is 2.30. The summed E-state index contributed by atoms with van der Waals surface area (Å²) in [5, 5.41) is 4.53. The molecule has 1 aliphatic rings. The van der Waals surface area contributed by atoms with Crippen LogP contribution < -0.4 is 14.4 Å². The van der Waals surface area contributed by atoms with E-state index >= 15 is 0 Å². The number of esters is 1. The van der Waals surface area contributed by atoms with Gasteiger partial charge in [0.05, 0.1) is 33.9 Å². The summed E-state index contributed by atoms with van der Waals surface area (Å²) in [7, 11) is 3.18. The van der Waals surface area contributed by atoms with Gasteiger partial charge in [0.25, 0.3) is 4.84 Å². The number of nitrogens with zero attached hydrogens (tertiary/aromatic N) is 2. The van der Waals surface area contributed by atoms with Gasteiger partial charge in [0, 0.05) is 11.6 Å². The van der Waals surface area contributed by atoms with Crippen molar-refractivity contribution in [1.29, 1.82) is 0 Å². The van der Waals surface area contributed by atoms with Gasteiger partial charge in [-0.2, -0.15) is 4.68 Å². The Morgan fingerprint density at radius 1 is 1.32 bits per heavy atom. The summed E-state index contributed by atoms with van der Waals surface area (Å²) in [6, 6.07) is 5.42. The number of piperidine rings is 1. The second-order valence-corrected chi connectivity index (χ2v) is 7.08. The van der Waals surface area contributed by atoms with Crippen molar-refractivity contribution in [3.8, 4) is 23.0 Å². The standard InChI is InChI=1S/C19H25N3O5S/c1-4-26-18(23)13-6-5-7-21(11-13)12-22-19(28)27-17(20-22)14-8-15(24-2)10-16(9-14)25-3/h8-10,13H,4-7,11-12H2,1-3H3/p+1/t13-/m1/s1. The van der Waals surface area contributed by atoms with E-state index in [-0.39, 0.29) is 11.9 Å². The van der Waals surface area contributed by atoms with Crippen molar-refractivity contribution < 1.29 is 28.3 Å². The van der Waals surface area contributed by atoms with Crippen LogP contribution in [0.3, 0.4) is 0 Å². The maximum Gasteiger partial charge on any atom is 0.314 e. The molecule has 0 radical (unpaired) electrons. The minimum Gasteiger partial charge on any atom is -0.497 e. The van der Waals surface area contributed by atoms with Gasteiger partial charge in [0.2, 0.25) is 5.89 Å². The van der Waals surface area contributed by atoms with Gasteiger partial charge >= 0.3 is 5.97 Å². The van der Waals surface area contributed by atoms with Crippen molar-refractivity contribution >= 4 is 18.2 Å². The van der Waals surface area contributed by atoms with Crippen LogP contribution in [0.5, 0.6) is 11.5 Å². The molecule has 1 unspecified atom stereocenters. The second kappa shape index (κ2) is 9.20. The second-order valence-electron chi connectivity index (χ2n) is 6.73. The van der Waals surface area contributed by atoms with E-state index in [1.165, 1.54) is 4.90 Å². The van der Waals surface area contributed by atoms with Crippen LogP contribution in [0.2, 0.25) is 0 Å². The molecule has 1 fully saturated rings. The summed E-state index contributed by atoms with van der Waals surface area (Å²) in [6.45, 7) is 4.43. The number of methoxy groups -OCH3 is 2. The molecule has 1 saturated heterocycles. The van der Waals surface area contributed by atoms with E-state index in [0.717, 1.165) is 24.9 Å². The van der Waals surface area contributed by atoms with Crippen LogP contribution in [0.15, 0.2) is 22.6 Å². The zero-order chi connectivity index (χ0) is 20.1. The largest absolute Gasteiger partial charge is 0.497 e. The molecule has 2 heterocycles. The van der Waals surface area contributed by atoms with Crippen molar-refractivity contribution in [2.45, 2.75) is 26.4 Å². The summed E-state index contributed by atoms with van der Waals surface area (Å²) in [4.78, 5) is 13.6. The highest BCUT2D eigenvalue weighted by Crippen LogP contribution is 2.28. The van der Waals surface area contributed by atoms with Gasteiger partial charge in [-0.15, -0.1) is 5.10 Å². The number of carbonyl (C=O) groups excluding carboxylic acids is 1. The molecule has 3 rings (SSSR count). The SMILES string of the molecule is CCOC(=O)[C@@H]1CCC[NH+](Cn2nc(-c3cc(OC)cc(OC)c3)oc2=S)C1. The van der Waals surface area contributed by atoms with Crippen LogP contribution in [0, 0.1) is 10.8 Å². The quantitative estimate of drug-likeness (QED) is 0.552. The first-order valence-corrected chi connectivity index (χ1v) is 9.76. The number of aromatic nitrogens is 2. The monoisotopic (exact) mass is 408 g/mol. The Morgan fingerprint density at radius 3 is 2.68 bits per heavy atom. The number of ether oxygens (including phenoxy) is 3. The van der Waals surface area contributed by atoms with Crippen LogP contribution in [-0.4, -0.2) is 49.7 Å². The highest BCUT2D eigenvalue weighted by molar-refractivity contribution is 7.71. The third-order valence-corrected chi connectivity index (χ3v) is 5.11. The molecule has 2 atom stereocenters. The molecule has 8 nitrogen and oxygen atoms in total. The average Bonchev–Trinajstić information content (AvgIpc) is 3.08. The van der Waals surface area contributed by atoms with E-state index in [2.05, 4.69) is 5.10 Å². The summed E-state index contributed by atoms with van der Waals surface area (Å²) in [6.07, 6.45) is 1.82. The summed E-state index contributed by atoms with van der Waals surface area (Å²) >= 11 is 5.35. The highest BCUT2D eigenvalue weighted by atomic mass is 32.1. The molecule has 28 heavy (non-hydrogen) atoms. The van der Waals surface area contributed by atoms with Gasteiger partial charge in [-0.1, -0.05) is 0 Å². The number of hydrogen-bond donors (Lipinski definition) is 1. The normalized spacial score (nSPS) is 19.2. The lowest BCUT2D eigenvalue weighted by Crippen LogP contribution is -3.13. The molecule has 1 N–H and O–H groups in total. The molecule has 0 spiro atoms. The van der Waals surface area contributed by atoms with Crippen molar-refractivity contribution in [3.05, 3.63) is 23.0 Å². The lowest BCUT2D eigenvalue weighted by molar-refractivity contribution is -0.930. The number of hydrogen-bond acceptors (Lipinski definition) is 7. The van der Waals surface area contributed by atoms with Gasteiger partial charge in [0.1, 0.15) is 17.4 Å². The minimum absolute atomic E-state index is 0.0770. The molecule has 0 saturated carbocycles. The van der Waals surface area contributed by atoms with Gasteiger partial charge in [-0.05, 0) is 44.1 Å². The van der Waals surface area contributed by atoms with Crippen LogP contribution in [0.25, 0.3) is 11.5 Å². The molecular weight excluding hydrogens is 382 g/mol. The summed E-state index contributed by atoms with van der Waals surface area (Å²) in [5.74, 6) is 1.49. The first kappa shape index (κ1) is 20.3. The Kier molecular flexibility index (Phi) is 6.69. The average molecular weight is 409 g/mol. The van der Waals surface area contributed by atoms with Gasteiger partial charge < -0.3 is 23.5 Å². The van der Waals surface area contributed by atoms with Crippen LogP contribution >= 0.6 is 12.2 Å². The van der Waals surface area contributed by atoms with Crippen LogP contribution in [0.1, 0.15) is 19.8 Å². The Bertz CT molecular complexity index is 856. The number of rotatable bonds is 7. The maximum absolute atomic E-state index is 12.1. The van der Waals surface area contributed by atoms with Crippen molar-refractivity contribution in [1.82, 2.24) is 9.78 Å². The fourth-order valence-electron chi connectivity index (χ4n) is 3.42. The molecule has 1 aliphatic heterocycles. The first-order chi connectivity index (χ1) is 13.5. The van der Waals surface area contributed by atoms with Crippen molar-refractivity contribution in [2.75, 3.05) is 33.9 Å². The molecular formula is C19H26N3O5S+. The molecule has 9 heteroatoms. The van der Waals surface area contributed by atoms with E-state index in [4.69, 9.17) is 30.8 Å². The van der Waals surface area contributed by atoms with E-state index < -0.39 is 0 Å². The molecule has 0 bridgehead atoms. The fourth-order valence-corrected chi connectivity index (χ4v) is 3.61. The predicted molar refractivity (Wildman–Crippen MR) is 104 cm³/mol. The van der Waals surface area contributed by atoms with Gasteiger partial charge in [-0.3, -0.25) is 4.79 Å². The lowest BCUT2D eigenvalue weighted by atomic mass is 9.99. The number of likely N-dealkylation sites (tertiary alicyclic amines) is 1. The zero-order valence-electron chi connectivity index (χ0n) is 16.4. The van der Waals surface area contributed by atoms with Gasteiger partial charge in [0.15, 0.2) is 6.67 Å². The van der Waals surface area contributed by atoms with Crippen LogP contribution in [0.4, 0.5) is 0 Å². The van der Waals surface area contributed by atoms with Gasteiger partial charge in [-0.25, -0.2) is 0 Å². The smallest absolute Gasteiger partial charge is 0.314 e. The Morgan fingerprint density at radius 2 is 2.04 bits per heavy atom. The lowest BCUT2D eigenvalue weighted by Gasteiger charge is -2.28. The molecule has 152 valence electrons. The topological polar surface area (TPSA) is 80.2 Å². The van der Waals surface area contributed by atoms with E-state index in [1.54, 1.807) is 25.0 Å². The Balaban J connectivity index is 1.76. The van der Waals surface area contributed by atoms with E-state index in [1.807, 2.05) is 19.1 Å². The third-order valence-electron chi connectivity index (χ3n) is 4.82. The summed E-state index contributed by atoms with van der Waals surface area (Å²) < 4.78 is 23.1. The molecule has 1 aromatic carbocycles. The fraction of sp³-hybridized carbons (Fsp3) is 0.526. The number of carbonyl (C=O) groups is 1. The first-order valence-electron chi connectivity index (χ1n) is 9.35. The minimum atomic E-state index is -0.118. The molecule has 0 aliphatic carbocycles. The number of nitrogens with one attached hydrogen (secondary N) is 1. The Hall–Kier alpha value is -2.39. The summed E-state index contributed by atoms with van der Waals surface area (Å²) in [5.41, 5.74) is 0.721. The van der Waals surface area contributed by atoms with Crippen molar-refractivity contribution in [2.24, 2.45) is 5.92 Å². The molecule has 2 aromatic rings. The van der Waals surface area contributed by atoms with E-state index in [0.29, 0.717) is 42.0 Å². The molecule has 0 amide bonds. The van der Waals surface area contributed by atoms with Crippen molar-refractivity contribution in [3.63, 3.8) is 0 Å². The predicted octanol–water partition coefficient (Wildman–Crippen LogP) is 1.71. The maximum atomic E-state index is 12.1. The number of benzene rings is 1. The Labute approximate surface area is 169 Å². The van der Waals surface area contributed by atoms with Crippen LogP contribution in [-0.2, 0) is 16.2 Å². The van der Waals surface area contributed by atoms with E-state index in [9.17, 15) is 4.79 Å². The number of quaternary nitrogens is 1. The third kappa shape index (κ3) is 4.71. The molecule has 1 aromatic heterocycles. The zero-order valence-corrected chi connectivity index (χ0v) is 17.2.